The molecule has 0 spiro atoms. The molecule has 1 aromatic carbocycles. The van der Waals surface area contributed by atoms with Crippen molar-refractivity contribution in [3.05, 3.63) is 41.1 Å². The van der Waals surface area contributed by atoms with Crippen LogP contribution in [0.5, 0.6) is 0 Å². The van der Waals surface area contributed by atoms with Gasteiger partial charge in [-0.2, -0.15) is 0 Å². The van der Waals surface area contributed by atoms with E-state index in [0.717, 1.165) is 16.8 Å². The van der Waals surface area contributed by atoms with E-state index in [1.165, 1.54) is 0 Å². The molecule has 2 nitrogen and oxygen atoms in total. The van der Waals surface area contributed by atoms with Crippen LogP contribution in [0.2, 0.25) is 0 Å². The number of allylic oxidation sites excluding steroid dienone is 1. The molecule has 0 aliphatic carbocycles. The van der Waals surface area contributed by atoms with Gasteiger partial charge >= 0.3 is 0 Å². The predicted octanol–water partition coefficient (Wildman–Crippen LogP) is 1.98. The van der Waals surface area contributed by atoms with Gasteiger partial charge in [-0.25, -0.2) is 0 Å². The molecule has 0 saturated carbocycles. The number of nitrogens with zero attached hydrogens (tertiary/aromatic N) is 1. The molecule has 0 radical (unpaired) electrons. The van der Waals surface area contributed by atoms with E-state index in [2.05, 4.69) is 6.08 Å². The molecule has 1 heterocycles. The fourth-order valence-corrected chi connectivity index (χ4v) is 1.61. The molecule has 2 heteroatoms. The molecule has 0 bridgehead atoms. The Kier molecular flexibility index (Phi) is 1.85. The van der Waals surface area contributed by atoms with Crippen molar-refractivity contribution in [2.24, 2.45) is 0 Å². The lowest BCUT2D eigenvalue weighted by Crippen LogP contribution is -2.25. The number of aliphatic hydroxyl groups excluding tert-OH is 1. The number of aliphatic hydroxyl groups is 1. The Morgan fingerprint density at radius 2 is 2.00 bits per heavy atom. The lowest BCUT2D eigenvalue weighted by atomic mass is 10.0. The van der Waals surface area contributed by atoms with Crippen molar-refractivity contribution in [1.29, 1.82) is 0 Å². The van der Waals surface area contributed by atoms with Crippen LogP contribution in [-0.4, -0.2) is 17.1 Å². The number of fused-ring (bicyclic) bond motifs is 1. The molecule has 0 saturated heterocycles. The summed E-state index contributed by atoms with van der Waals surface area (Å²) in [5.41, 5.74) is 3.19. The van der Waals surface area contributed by atoms with Crippen molar-refractivity contribution in [2.45, 2.75) is 13.2 Å². The van der Waals surface area contributed by atoms with E-state index in [1.807, 2.05) is 43.1 Å². The summed E-state index contributed by atoms with van der Waals surface area (Å²) in [4.78, 5) is 1.86. The minimum absolute atomic E-state index is 0.499. The summed E-state index contributed by atoms with van der Waals surface area (Å²) in [7, 11) is 1.90. The van der Waals surface area contributed by atoms with Gasteiger partial charge in [0.2, 0.25) is 0 Å². The molecule has 0 aromatic heterocycles. The molecule has 0 fully saturated rings. The van der Waals surface area contributed by atoms with Crippen LogP contribution < -0.4 is 0 Å². The Labute approximate surface area is 78.1 Å². The number of benzene rings is 1. The third-order valence-corrected chi connectivity index (χ3v) is 2.56. The molecule has 13 heavy (non-hydrogen) atoms. The van der Waals surface area contributed by atoms with Gasteiger partial charge in [-0.15, -0.1) is 0 Å². The van der Waals surface area contributed by atoms with E-state index < -0.39 is 6.23 Å². The van der Waals surface area contributed by atoms with Crippen LogP contribution in [0.4, 0.5) is 0 Å². The first-order valence-corrected chi connectivity index (χ1v) is 4.38. The molecular formula is C11H13NO. The first-order valence-electron chi connectivity index (χ1n) is 4.38. The summed E-state index contributed by atoms with van der Waals surface area (Å²) in [5.74, 6) is 0. The van der Waals surface area contributed by atoms with Crippen LogP contribution in [0.25, 0.3) is 6.08 Å². The number of rotatable bonds is 0. The van der Waals surface area contributed by atoms with Gasteiger partial charge in [0.1, 0.15) is 0 Å². The highest BCUT2D eigenvalue weighted by atomic mass is 16.3. The Hall–Kier alpha value is -1.28. The summed E-state index contributed by atoms with van der Waals surface area (Å²) in [5, 5.41) is 9.89. The minimum atomic E-state index is -0.499. The van der Waals surface area contributed by atoms with Crippen molar-refractivity contribution in [1.82, 2.24) is 4.90 Å². The standard InChI is InChI=1S/C11H13NO/c1-8-7-9-5-3-4-6-10(9)11(13)12(8)2/h3-7,11,13H,1-2H3. The maximum Gasteiger partial charge on any atom is 0.153 e. The summed E-state index contributed by atoms with van der Waals surface area (Å²) < 4.78 is 0. The second-order valence-electron chi connectivity index (χ2n) is 3.40. The average molecular weight is 175 g/mol. The molecular weight excluding hydrogens is 162 g/mol. The third-order valence-electron chi connectivity index (χ3n) is 2.56. The van der Waals surface area contributed by atoms with Gasteiger partial charge in [0.15, 0.2) is 6.23 Å². The maximum atomic E-state index is 9.89. The van der Waals surface area contributed by atoms with Gasteiger partial charge in [-0.3, -0.25) is 0 Å². The fourth-order valence-electron chi connectivity index (χ4n) is 1.61. The van der Waals surface area contributed by atoms with E-state index in [1.54, 1.807) is 0 Å². The zero-order chi connectivity index (χ0) is 9.42. The van der Waals surface area contributed by atoms with E-state index in [9.17, 15) is 5.11 Å². The predicted molar refractivity (Wildman–Crippen MR) is 52.8 cm³/mol. The third kappa shape index (κ3) is 1.23. The highest BCUT2D eigenvalue weighted by Crippen LogP contribution is 2.30. The van der Waals surface area contributed by atoms with Crippen LogP contribution in [-0.2, 0) is 0 Å². The normalized spacial score (nSPS) is 21.0. The van der Waals surface area contributed by atoms with Crippen LogP contribution in [0.1, 0.15) is 24.3 Å². The quantitative estimate of drug-likeness (QED) is 0.651. The molecule has 1 aromatic rings. The highest BCUT2D eigenvalue weighted by Gasteiger charge is 2.20. The second kappa shape index (κ2) is 2.89. The van der Waals surface area contributed by atoms with E-state index in [4.69, 9.17) is 0 Å². The van der Waals surface area contributed by atoms with Crippen molar-refractivity contribution >= 4 is 6.08 Å². The Bertz CT molecular complexity index is 357. The lowest BCUT2D eigenvalue weighted by molar-refractivity contribution is 0.0434. The molecule has 68 valence electrons. The van der Waals surface area contributed by atoms with E-state index >= 15 is 0 Å². The first-order chi connectivity index (χ1) is 6.20. The highest BCUT2D eigenvalue weighted by molar-refractivity contribution is 5.59. The lowest BCUT2D eigenvalue weighted by Gasteiger charge is -2.31. The molecule has 1 unspecified atom stereocenters. The van der Waals surface area contributed by atoms with Gasteiger partial charge in [0, 0.05) is 18.3 Å². The second-order valence-corrected chi connectivity index (χ2v) is 3.40. The molecule has 2 rings (SSSR count). The topological polar surface area (TPSA) is 23.5 Å². The Morgan fingerprint density at radius 1 is 1.31 bits per heavy atom. The van der Waals surface area contributed by atoms with E-state index in [0.29, 0.717) is 0 Å². The van der Waals surface area contributed by atoms with Gasteiger partial charge in [0.25, 0.3) is 0 Å². The van der Waals surface area contributed by atoms with Crippen LogP contribution >= 0.6 is 0 Å². The summed E-state index contributed by atoms with van der Waals surface area (Å²) in [6.07, 6.45) is 1.59. The average Bonchev–Trinajstić information content (AvgIpc) is 2.15. The Morgan fingerprint density at radius 3 is 2.77 bits per heavy atom. The minimum Gasteiger partial charge on any atom is -0.369 e. The number of hydrogen-bond donors (Lipinski definition) is 1. The molecule has 1 atom stereocenters. The van der Waals surface area contributed by atoms with Gasteiger partial charge in [-0.05, 0) is 18.6 Å². The summed E-state index contributed by atoms with van der Waals surface area (Å²) in [6, 6.07) is 7.92. The first kappa shape index (κ1) is 8.32. The SMILES string of the molecule is CC1=Cc2ccccc2C(O)N1C. The zero-order valence-electron chi connectivity index (χ0n) is 7.86. The Balaban J connectivity index is 2.56. The van der Waals surface area contributed by atoms with Crippen LogP contribution in [0.15, 0.2) is 30.0 Å². The molecule has 1 aliphatic heterocycles. The maximum absolute atomic E-state index is 9.89. The van der Waals surface area contributed by atoms with Crippen LogP contribution in [0, 0.1) is 0 Å². The van der Waals surface area contributed by atoms with Crippen molar-refractivity contribution in [3.63, 3.8) is 0 Å². The van der Waals surface area contributed by atoms with Crippen molar-refractivity contribution < 1.29 is 5.11 Å². The van der Waals surface area contributed by atoms with Gasteiger partial charge < -0.3 is 10.0 Å². The van der Waals surface area contributed by atoms with Gasteiger partial charge in [0.05, 0.1) is 0 Å². The summed E-state index contributed by atoms with van der Waals surface area (Å²) in [6.45, 7) is 2.00. The monoisotopic (exact) mass is 175 g/mol. The van der Waals surface area contributed by atoms with Crippen molar-refractivity contribution in [3.8, 4) is 0 Å². The fraction of sp³-hybridized carbons (Fsp3) is 0.273. The zero-order valence-corrected chi connectivity index (χ0v) is 7.86. The van der Waals surface area contributed by atoms with Crippen molar-refractivity contribution in [2.75, 3.05) is 7.05 Å². The summed E-state index contributed by atoms with van der Waals surface area (Å²) >= 11 is 0. The smallest absolute Gasteiger partial charge is 0.153 e. The van der Waals surface area contributed by atoms with Gasteiger partial charge in [-0.1, -0.05) is 24.3 Å². The molecule has 1 aliphatic rings. The molecule has 1 N–H and O–H groups in total. The van der Waals surface area contributed by atoms with E-state index in [-0.39, 0.29) is 0 Å². The molecule has 0 amide bonds. The largest absolute Gasteiger partial charge is 0.369 e. The van der Waals surface area contributed by atoms with Crippen LogP contribution in [0.3, 0.4) is 0 Å². The number of hydrogen-bond acceptors (Lipinski definition) is 2.